The van der Waals surface area contributed by atoms with Crippen molar-refractivity contribution in [3.63, 3.8) is 0 Å². The highest BCUT2D eigenvalue weighted by Gasteiger charge is 2.30. The average Bonchev–Trinajstić information content (AvgIpc) is 2.92. The van der Waals surface area contributed by atoms with Gasteiger partial charge in [0.05, 0.1) is 34.5 Å². The molecule has 4 aromatic carbocycles. The van der Waals surface area contributed by atoms with Crippen molar-refractivity contribution in [2.24, 2.45) is 5.10 Å². The summed E-state index contributed by atoms with van der Waals surface area (Å²) >= 11 is 6.00. The second-order valence-corrected chi connectivity index (χ2v) is 11.1. The summed E-state index contributed by atoms with van der Waals surface area (Å²) in [5, 5.41) is 4.27. The number of amides is 1. The lowest BCUT2D eigenvalue weighted by Gasteiger charge is -2.26. The predicted octanol–water partition coefficient (Wildman–Crippen LogP) is 6.83. The van der Waals surface area contributed by atoms with Gasteiger partial charge in [0.2, 0.25) is 0 Å². The van der Waals surface area contributed by atoms with Crippen LogP contribution >= 0.6 is 11.6 Å². The summed E-state index contributed by atoms with van der Waals surface area (Å²) in [5.41, 5.74) is 3.13. The lowest BCUT2D eigenvalue weighted by atomic mass is 10.1. The van der Waals surface area contributed by atoms with Gasteiger partial charge in [0, 0.05) is 5.02 Å². The molecule has 4 aromatic rings. The number of nitrogens with zero attached hydrogens (tertiary/aromatic N) is 2. The maximum atomic E-state index is 13.8. The molecule has 0 unspecified atom stereocenters. The van der Waals surface area contributed by atoms with E-state index < -0.39 is 27.7 Å². The normalized spacial score (nSPS) is 11.9. The van der Waals surface area contributed by atoms with Gasteiger partial charge in [-0.05, 0) is 66.6 Å². The summed E-state index contributed by atoms with van der Waals surface area (Å²) in [4.78, 5) is 13.2. The molecule has 0 fully saturated rings. The van der Waals surface area contributed by atoms with E-state index in [0.29, 0.717) is 10.6 Å². The van der Waals surface area contributed by atoms with Crippen molar-refractivity contribution in [1.29, 1.82) is 0 Å². The number of carbonyl (C=O) groups excluding carboxylic acids is 1. The lowest BCUT2D eigenvalue weighted by Crippen LogP contribution is -2.33. The Morgan fingerprint density at radius 1 is 0.950 bits per heavy atom. The number of sulfonamides is 1. The first-order valence-electron chi connectivity index (χ1n) is 11.9. The minimum absolute atomic E-state index is 0.00616. The summed E-state index contributed by atoms with van der Waals surface area (Å²) < 4.78 is 67.8. The molecular formula is C29H23ClF3N3O3S. The van der Waals surface area contributed by atoms with Crippen molar-refractivity contribution >= 4 is 39.4 Å². The Bertz CT molecular complexity index is 1640. The zero-order valence-electron chi connectivity index (χ0n) is 21.1. The molecule has 0 aromatic heterocycles. The molecule has 1 N–H and O–H groups in total. The molecule has 0 spiro atoms. The molecule has 0 saturated carbocycles. The number of alkyl halides is 3. The molecule has 0 radical (unpaired) electrons. The highest BCUT2D eigenvalue weighted by molar-refractivity contribution is 7.92. The van der Waals surface area contributed by atoms with Gasteiger partial charge < -0.3 is 0 Å². The van der Waals surface area contributed by atoms with Gasteiger partial charge in [-0.3, -0.25) is 9.10 Å². The zero-order valence-corrected chi connectivity index (χ0v) is 22.6. The minimum atomic E-state index is -4.53. The van der Waals surface area contributed by atoms with Crippen molar-refractivity contribution in [3.8, 4) is 0 Å². The van der Waals surface area contributed by atoms with Gasteiger partial charge in [-0.1, -0.05) is 65.7 Å². The molecule has 0 aliphatic rings. The summed E-state index contributed by atoms with van der Waals surface area (Å²) in [6.45, 7) is 1.73. The fourth-order valence-corrected chi connectivity index (χ4v) is 5.39. The molecule has 4 rings (SSSR count). The van der Waals surface area contributed by atoms with Gasteiger partial charge in [0.15, 0.2) is 0 Å². The Morgan fingerprint density at radius 2 is 1.62 bits per heavy atom. The summed E-state index contributed by atoms with van der Waals surface area (Å²) in [6, 6.07) is 23.5. The molecule has 0 bridgehead atoms. The number of aryl methyl sites for hydroxylation is 1. The number of carbonyl (C=O) groups is 1. The van der Waals surface area contributed by atoms with Gasteiger partial charge in [-0.25, -0.2) is 13.8 Å². The van der Waals surface area contributed by atoms with E-state index >= 15 is 0 Å². The number of hydrogen-bond acceptors (Lipinski definition) is 4. The number of nitrogens with one attached hydrogen (secondary N) is 1. The van der Waals surface area contributed by atoms with Crippen LogP contribution in [0.15, 0.2) is 107 Å². The topological polar surface area (TPSA) is 78.8 Å². The molecule has 0 saturated heterocycles. The lowest BCUT2D eigenvalue weighted by molar-refractivity contribution is -0.137. The van der Waals surface area contributed by atoms with Crippen LogP contribution < -0.4 is 9.73 Å². The summed E-state index contributed by atoms with van der Waals surface area (Å²) in [5.74, 6) is -0.751. The van der Waals surface area contributed by atoms with Crippen LogP contribution in [0.4, 0.5) is 18.9 Å². The van der Waals surface area contributed by atoms with Crippen LogP contribution in [0.5, 0.6) is 0 Å². The van der Waals surface area contributed by atoms with Gasteiger partial charge in [0.1, 0.15) is 0 Å². The molecule has 11 heteroatoms. The number of para-hydroxylation sites is 1. The van der Waals surface area contributed by atoms with E-state index in [9.17, 15) is 26.4 Å². The van der Waals surface area contributed by atoms with Gasteiger partial charge in [-0.2, -0.15) is 18.3 Å². The number of anilines is 1. The predicted molar refractivity (Wildman–Crippen MR) is 149 cm³/mol. The molecule has 0 heterocycles. The quantitative estimate of drug-likeness (QED) is 0.182. The average molecular weight is 586 g/mol. The second-order valence-electron chi connectivity index (χ2n) is 8.79. The molecule has 1 amide bonds. The van der Waals surface area contributed by atoms with Gasteiger partial charge in [-0.15, -0.1) is 0 Å². The summed E-state index contributed by atoms with van der Waals surface area (Å²) in [6.07, 6.45) is -3.45. The summed E-state index contributed by atoms with van der Waals surface area (Å²) in [7, 11) is -4.14. The van der Waals surface area contributed by atoms with E-state index in [1.807, 2.05) is 6.92 Å². The van der Waals surface area contributed by atoms with Crippen LogP contribution in [0, 0.1) is 6.92 Å². The number of rotatable bonds is 8. The monoisotopic (exact) mass is 585 g/mol. The number of halogens is 4. The molecule has 0 aliphatic carbocycles. The number of benzene rings is 4. The zero-order chi connectivity index (χ0) is 28.9. The van der Waals surface area contributed by atoms with E-state index in [1.165, 1.54) is 36.4 Å². The first-order valence-corrected chi connectivity index (χ1v) is 13.7. The smallest absolute Gasteiger partial charge is 0.267 e. The Hall–Kier alpha value is -4.15. The standard InChI is InChI=1S/C29H23ClF3N3O3S/c1-20-9-15-25(16-10-20)40(38,39)36(19-21-11-13-24(30)14-12-21)27-8-3-2-7-26(27)28(37)35-34-18-22-5-4-6-23(17-22)29(31,32)33/h2-18H,19H2,1H3,(H,35,37). The Balaban J connectivity index is 1.68. The second kappa shape index (κ2) is 11.9. The van der Waals surface area contributed by atoms with Crippen molar-refractivity contribution < 1.29 is 26.4 Å². The van der Waals surface area contributed by atoms with Crippen LogP contribution in [0.2, 0.25) is 5.02 Å². The fourth-order valence-electron chi connectivity index (χ4n) is 3.80. The molecule has 6 nitrogen and oxygen atoms in total. The van der Waals surface area contributed by atoms with E-state index in [2.05, 4.69) is 10.5 Å². The highest BCUT2D eigenvalue weighted by atomic mass is 35.5. The molecule has 40 heavy (non-hydrogen) atoms. The molecule has 0 atom stereocenters. The first-order chi connectivity index (χ1) is 18.9. The van der Waals surface area contributed by atoms with Crippen LogP contribution in [-0.2, 0) is 22.7 Å². The third-order valence-electron chi connectivity index (χ3n) is 5.86. The van der Waals surface area contributed by atoms with Crippen LogP contribution in [0.3, 0.4) is 0 Å². The van der Waals surface area contributed by atoms with Crippen molar-refractivity contribution in [1.82, 2.24) is 5.43 Å². The Kier molecular flexibility index (Phi) is 8.61. The van der Waals surface area contributed by atoms with E-state index in [0.717, 1.165) is 28.2 Å². The third-order valence-corrected chi connectivity index (χ3v) is 7.89. The third kappa shape index (κ3) is 6.88. The van der Waals surface area contributed by atoms with Crippen molar-refractivity contribution in [2.75, 3.05) is 4.31 Å². The van der Waals surface area contributed by atoms with Crippen molar-refractivity contribution in [2.45, 2.75) is 24.5 Å². The first kappa shape index (κ1) is 28.8. The van der Waals surface area contributed by atoms with Crippen LogP contribution in [0.1, 0.15) is 32.6 Å². The molecular weight excluding hydrogens is 563 g/mol. The van der Waals surface area contributed by atoms with E-state index in [1.54, 1.807) is 48.5 Å². The van der Waals surface area contributed by atoms with Gasteiger partial charge >= 0.3 is 6.18 Å². The minimum Gasteiger partial charge on any atom is -0.267 e. The Labute approximate surface area is 234 Å². The SMILES string of the molecule is Cc1ccc(S(=O)(=O)N(Cc2ccc(Cl)cc2)c2ccccc2C(=O)NN=Cc2cccc(C(F)(F)F)c2)cc1. The molecule has 206 valence electrons. The Morgan fingerprint density at radius 3 is 2.30 bits per heavy atom. The van der Waals surface area contributed by atoms with E-state index in [4.69, 9.17) is 11.6 Å². The largest absolute Gasteiger partial charge is 0.416 e. The molecule has 0 aliphatic heterocycles. The van der Waals surface area contributed by atoms with Crippen LogP contribution in [-0.4, -0.2) is 20.5 Å². The number of hydrazone groups is 1. The van der Waals surface area contributed by atoms with Gasteiger partial charge in [0.25, 0.3) is 15.9 Å². The van der Waals surface area contributed by atoms with E-state index in [-0.39, 0.29) is 28.3 Å². The maximum absolute atomic E-state index is 13.8. The highest BCUT2D eigenvalue weighted by Crippen LogP contribution is 2.31. The fraction of sp³-hybridized carbons (Fsp3) is 0.103. The maximum Gasteiger partial charge on any atom is 0.416 e. The van der Waals surface area contributed by atoms with Crippen molar-refractivity contribution in [3.05, 3.63) is 130 Å². The number of hydrogen-bond donors (Lipinski definition) is 1. The van der Waals surface area contributed by atoms with Crippen LogP contribution in [0.25, 0.3) is 0 Å².